The number of thiocarbonyl (C=S) groups is 1. The van der Waals surface area contributed by atoms with Gasteiger partial charge in [0.15, 0.2) is 5.11 Å². The van der Waals surface area contributed by atoms with Crippen LogP contribution in [0.3, 0.4) is 0 Å². The molecule has 0 saturated carbocycles. The van der Waals surface area contributed by atoms with E-state index in [1.54, 1.807) is 0 Å². The number of hydrogen-bond donors (Lipinski definition) is 0. The molecule has 0 spiro atoms. The third-order valence-electron chi connectivity index (χ3n) is 4.52. The minimum absolute atomic E-state index is 0.812. The summed E-state index contributed by atoms with van der Waals surface area (Å²) in [5.74, 6) is 0. The van der Waals surface area contributed by atoms with Gasteiger partial charge in [-0.3, -0.25) is 0 Å². The quantitative estimate of drug-likeness (QED) is 0.653. The molecule has 0 saturated heterocycles. The number of aryl methyl sites for hydroxylation is 1. The van der Waals surface area contributed by atoms with Crippen molar-refractivity contribution in [3.63, 3.8) is 0 Å². The Bertz CT molecular complexity index is 818. The Kier molecular flexibility index (Phi) is 4.37. The highest BCUT2D eigenvalue weighted by Gasteiger charge is 2.26. The molecule has 2 aliphatic heterocycles. The van der Waals surface area contributed by atoms with Crippen LogP contribution in [0.2, 0.25) is 0 Å². The lowest BCUT2D eigenvalue weighted by Crippen LogP contribution is -2.42. The Morgan fingerprint density at radius 1 is 1.04 bits per heavy atom. The topological polar surface area (TPSA) is 18.8 Å². The van der Waals surface area contributed by atoms with Crippen molar-refractivity contribution < 1.29 is 0 Å². The van der Waals surface area contributed by atoms with Crippen LogP contribution in [-0.2, 0) is 6.42 Å². The van der Waals surface area contributed by atoms with Crippen LogP contribution in [0.25, 0.3) is 0 Å². The van der Waals surface area contributed by atoms with Crippen LogP contribution in [0.4, 0.5) is 5.69 Å². The van der Waals surface area contributed by atoms with Gasteiger partial charge in [-0.25, -0.2) is 5.01 Å². The Morgan fingerprint density at radius 3 is 2.79 bits per heavy atom. The van der Waals surface area contributed by atoms with E-state index in [-0.39, 0.29) is 0 Å². The average molecular weight is 400 g/mol. The molecule has 2 aliphatic rings. The summed E-state index contributed by atoms with van der Waals surface area (Å²) in [6, 6.07) is 16.8. The maximum atomic E-state index is 5.77. The normalized spacial score (nSPS) is 16.8. The second-order valence-corrected chi connectivity index (χ2v) is 7.38. The number of fused-ring (bicyclic) bond motifs is 1. The third-order valence-corrected chi connectivity index (χ3v) is 5.45. The van der Waals surface area contributed by atoms with E-state index in [2.05, 4.69) is 57.2 Å². The van der Waals surface area contributed by atoms with Gasteiger partial charge in [-0.15, -0.1) is 0 Å². The fraction of sp³-hybridized carbons (Fsp3) is 0.263. The Hall–Kier alpha value is -1.72. The molecule has 0 radical (unpaired) electrons. The van der Waals surface area contributed by atoms with Gasteiger partial charge in [-0.1, -0.05) is 46.3 Å². The van der Waals surface area contributed by atoms with E-state index in [9.17, 15) is 0 Å². The Labute approximate surface area is 156 Å². The van der Waals surface area contributed by atoms with Crippen LogP contribution >= 0.6 is 28.1 Å². The molecule has 5 heteroatoms. The van der Waals surface area contributed by atoms with Crippen molar-refractivity contribution in [1.29, 1.82) is 0 Å². The van der Waals surface area contributed by atoms with E-state index in [1.807, 2.05) is 17.1 Å². The highest BCUT2D eigenvalue weighted by molar-refractivity contribution is 9.10. The van der Waals surface area contributed by atoms with Gasteiger partial charge in [0, 0.05) is 29.7 Å². The SMILES string of the molecule is S=C(N1CCC(c2cccc(Br)c2)=N1)N1CCCc2ccccc21. The molecule has 2 heterocycles. The van der Waals surface area contributed by atoms with Crippen molar-refractivity contribution in [2.75, 3.05) is 18.0 Å². The summed E-state index contributed by atoms with van der Waals surface area (Å²) in [6.45, 7) is 1.81. The molecule has 0 bridgehead atoms. The average Bonchev–Trinajstić information content (AvgIpc) is 3.11. The summed E-state index contributed by atoms with van der Waals surface area (Å²) in [4.78, 5) is 2.24. The number of nitrogens with zero attached hydrogens (tertiary/aromatic N) is 3. The van der Waals surface area contributed by atoms with E-state index < -0.39 is 0 Å². The zero-order chi connectivity index (χ0) is 16.5. The summed E-state index contributed by atoms with van der Waals surface area (Å²) >= 11 is 9.31. The Morgan fingerprint density at radius 2 is 1.92 bits per heavy atom. The van der Waals surface area contributed by atoms with E-state index in [4.69, 9.17) is 17.3 Å². The molecule has 0 aromatic heterocycles. The fourth-order valence-electron chi connectivity index (χ4n) is 3.34. The van der Waals surface area contributed by atoms with Crippen molar-refractivity contribution in [1.82, 2.24) is 5.01 Å². The summed E-state index contributed by atoms with van der Waals surface area (Å²) in [5.41, 5.74) is 4.87. The number of anilines is 1. The van der Waals surface area contributed by atoms with Crippen LogP contribution in [0.1, 0.15) is 24.0 Å². The minimum Gasteiger partial charge on any atom is -0.317 e. The minimum atomic E-state index is 0.812. The summed E-state index contributed by atoms with van der Waals surface area (Å²) in [7, 11) is 0. The first-order valence-electron chi connectivity index (χ1n) is 8.23. The molecule has 0 N–H and O–H groups in total. The van der Waals surface area contributed by atoms with E-state index in [1.165, 1.54) is 11.3 Å². The molecule has 0 amide bonds. The number of rotatable bonds is 1. The van der Waals surface area contributed by atoms with E-state index in [0.29, 0.717) is 0 Å². The van der Waals surface area contributed by atoms with Gasteiger partial charge in [-0.2, -0.15) is 5.10 Å². The number of halogens is 1. The van der Waals surface area contributed by atoms with Gasteiger partial charge in [0.05, 0.1) is 5.71 Å². The van der Waals surface area contributed by atoms with E-state index in [0.717, 1.165) is 53.2 Å². The number of benzene rings is 2. The van der Waals surface area contributed by atoms with Crippen LogP contribution in [-0.4, -0.2) is 28.9 Å². The van der Waals surface area contributed by atoms with Crippen LogP contribution in [0.5, 0.6) is 0 Å². The third kappa shape index (κ3) is 2.98. The maximum Gasteiger partial charge on any atom is 0.196 e. The first-order chi connectivity index (χ1) is 11.7. The standard InChI is InChI=1S/C19H18BrN3S/c20-16-8-3-6-15(13-16)17-10-12-23(21-17)19(24)22-11-4-7-14-5-1-2-9-18(14)22/h1-3,5-6,8-9,13H,4,7,10-12H2. The molecule has 0 fully saturated rings. The van der Waals surface area contributed by atoms with Gasteiger partial charge in [0.25, 0.3) is 0 Å². The molecule has 0 aliphatic carbocycles. The maximum absolute atomic E-state index is 5.77. The number of para-hydroxylation sites is 1. The summed E-state index contributed by atoms with van der Waals surface area (Å²) in [5, 5.41) is 7.59. The molecule has 0 unspecified atom stereocenters. The monoisotopic (exact) mass is 399 g/mol. The van der Waals surface area contributed by atoms with Gasteiger partial charge < -0.3 is 4.90 Å². The molecule has 2 aromatic rings. The first-order valence-corrected chi connectivity index (χ1v) is 9.43. The van der Waals surface area contributed by atoms with Gasteiger partial charge in [0.2, 0.25) is 0 Å². The van der Waals surface area contributed by atoms with Crippen molar-refractivity contribution in [3.8, 4) is 0 Å². The lowest BCUT2D eigenvalue weighted by Gasteiger charge is -2.33. The van der Waals surface area contributed by atoms with Crippen molar-refractivity contribution in [2.45, 2.75) is 19.3 Å². The largest absolute Gasteiger partial charge is 0.317 e. The van der Waals surface area contributed by atoms with E-state index >= 15 is 0 Å². The van der Waals surface area contributed by atoms with Gasteiger partial charge >= 0.3 is 0 Å². The van der Waals surface area contributed by atoms with Crippen molar-refractivity contribution in [3.05, 3.63) is 64.1 Å². The molecular formula is C19H18BrN3S. The fourth-order valence-corrected chi connectivity index (χ4v) is 4.06. The van der Waals surface area contributed by atoms with Crippen LogP contribution < -0.4 is 4.90 Å². The van der Waals surface area contributed by atoms with Crippen LogP contribution in [0, 0.1) is 0 Å². The molecule has 122 valence electrons. The lowest BCUT2D eigenvalue weighted by molar-refractivity contribution is 0.487. The number of hydrogen-bond acceptors (Lipinski definition) is 2. The zero-order valence-electron chi connectivity index (χ0n) is 13.3. The molecular weight excluding hydrogens is 382 g/mol. The highest BCUT2D eigenvalue weighted by Crippen LogP contribution is 2.29. The van der Waals surface area contributed by atoms with Gasteiger partial charge in [0.1, 0.15) is 0 Å². The van der Waals surface area contributed by atoms with Gasteiger partial charge in [-0.05, 0) is 54.4 Å². The second-order valence-electron chi connectivity index (χ2n) is 6.10. The number of hydrazone groups is 1. The highest BCUT2D eigenvalue weighted by atomic mass is 79.9. The summed E-state index contributed by atoms with van der Waals surface area (Å²) < 4.78 is 1.08. The molecule has 4 rings (SSSR count). The Balaban J connectivity index is 1.58. The smallest absolute Gasteiger partial charge is 0.196 e. The van der Waals surface area contributed by atoms with Crippen LogP contribution in [0.15, 0.2) is 58.1 Å². The van der Waals surface area contributed by atoms with Crippen molar-refractivity contribution >= 4 is 44.7 Å². The second kappa shape index (κ2) is 6.65. The molecule has 24 heavy (non-hydrogen) atoms. The van der Waals surface area contributed by atoms with Crippen molar-refractivity contribution in [2.24, 2.45) is 5.10 Å². The molecule has 3 nitrogen and oxygen atoms in total. The zero-order valence-corrected chi connectivity index (χ0v) is 15.7. The summed E-state index contributed by atoms with van der Waals surface area (Å²) in [6.07, 6.45) is 3.18. The predicted octanol–water partition coefficient (Wildman–Crippen LogP) is 4.60. The lowest BCUT2D eigenvalue weighted by atomic mass is 10.0. The molecule has 0 atom stereocenters. The molecule has 2 aromatic carbocycles. The predicted molar refractivity (Wildman–Crippen MR) is 107 cm³/mol. The first kappa shape index (κ1) is 15.8.